The normalized spacial score (nSPS) is 18.0. The van der Waals surface area contributed by atoms with Crippen LogP contribution in [-0.4, -0.2) is 52.9 Å². The molecular weight excluding hydrogens is 474 g/mol. The lowest BCUT2D eigenvalue weighted by atomic mass is 9.92. The van der Waals surface area contributed by atoms with Gasteiger partial charge < -0.3 is 16.0 Å². The van der Waals surface area contributed by atoms with Gasteiger partial charge in [0.2, 0.25) is 0 Å². The minimum absolute atomic E-state index is 0.0746. The minimum atomic E-state index is -3.07. The Balaban J connectivity index is 1.46. The number of sulfone groups is 1. The highest BCUT2D eigenvalue weighted by atomic mass is 32.2. The SMILES string of the molecule is CC(C)c1ccc(N2C[C@H](CS(C)(=O)=O)[C@H]2N)c2cnc(Nc3ccnc(-c4cnn(C)c4)c3)cc12. The van der Waals surface area contributed by atoms with E-state index in [0.29, 0.717) is 12.5 Å². The first-order chi connectivity index (χ1) is 17.1. The summed E-state index contributed by atoms with van der Waals surface area (Å²) in [6.45, 7) is 4.95. The van der Waals surface area contributed by atoms with Gasteiger partial charge in [0.05, 0.1) is 23.8 Å². The summed E-state index contributed by atoms with van der Waals surface area (Å²) < 4.78 is 25.2. The van der Waals surface area contributed by atoms with Gasteiger partial charge in [0.1, 0.15) is 15.7 Å². The molecule has 4 heterocycles. The van der Waals surface area contributed by atoms with Crippen LogP contribution in [0.15, 0.2) is 55.1 Å². The van der Waals surface area contributed by atoms with E-state index in [0.717, 1.165) is 39.2 Å². The first-order valence-electron chi connectivity index (χ1n) is 11.9. The molecule has 1 saturated heterocycles. The van der Waals surface area contributed by atoms with Gasteiger partial charge in [-0.15, -0.1) is 0 Å². The van der Waals surface area contributed by atoms with Gasteiger partial charge in [0.25, 0.3) is 0 Å². The third-order valence-electron chi connectivity index (χ3n) is 6.67. The summed E-state index contributed by atoms with van der Waals surface area (Å²) in [5.74, 6) is 1.08. The van der Waals surface area contributed by atoms with E-state index in [1.54, 1.807) is 17.1 Å². The smallest absolute Gasteiger partial charge is 0.147 e. The van der Waals surface area contributed by atoms with Crippen molar-refractivity contribution in [3.8, 4) is 11.3 Å². The minimum Gasteiger partial charge on any atom is -0.355 e. The van der Waals surface area contributed by atoms with Crippen molar-refractivity contribution in [2.45, 2.75) is 25.9 Å². The van der Waals surface area contributed by atoms with Crippen LogP contribution in [0.2, 0.25) is 0 Å². The molecule has 1 fully saturated rings. The molecule has 0 spiro atoms. The standard InChI is InChI=1S/C26H31N7O2S/c1-16(2)20-5-6-24(33-14-18(26(33)27)15-36(4,34)35)22-12-29-25(10-21(20)22)31-19-7-8-28-23(9-19)17-11-30-32(3)13-17/h5-13,16,18,26H,14-15,27H2,1-4H3,(H,28,29,31)/t18-,26+/m1/s1. The Morgan fingerprint density at radius 3 is 2.61 bits per heavy atom. The maximum Gasteiger partial charge on any atom is 0.147 e. The number of rotatable bonds is 7. The van der Waals surface area contributed by atoms with Gasteiger partial charge in [-0.25, -0.2) is 13.4 Å². The Morgan fingerprint density at radius 2 is 1.94 bits per heavy atom. The predicted octanol–water partition coefficient (Wildman–Crippen LogP) is 3.66. The van der Waals surface area contributed by atoms with E-state index in [1.165, 1.54) is 11.8 Å². The van der Waals surface area contributed by atoms with E-state index in [-0.39, 0.29) is 17.8 Å². The fraction of sp³-hybridized carbons (Fsp3) is 0.346. The lowest BCUT2D eigenvalue weighted by molar-refractivity contribution is 0.328. The van der Waals surface area contributed by atoms with Crippen LogP contribution in [0.5, 0.6) is 0 Å². The summed E-state index contributed by atoms with van der Waals surface area (Å²) in [6, 6.07) is 10.2. The van der Waals surface area contributed by atoms with Crippen molar-refractivity contribution in [2.75, 3.05) is 28.8 Å². The second-order valence-electron chi connectivity index (χ2n) is 9.90. The van der Waals surface area contributed by atoms with Crippen molar-refractivity contribution in [3.63, 3.8) is 0 Å². The molecule has 9 nitrogen and oxygen atoms in total. The van der Waals surface area contributed by atoms with Crippen molar-refractivity contribution in [1.29, 1.82) is 0 Å². The van der Waals surface area contributed by atoms with Crippen LogP contribution in [-0.2, 0) is 16.9 Å². The fourth-order valence-corrected chi connectivity index (χ4v) is 5.91. The third-order valence-corrected chi connectivity index (χ3v) is 7.70. The fourth-order valence-electron chi connectivity index (χ4n) is 4.83. The number of nitrogens with two attached hydrogens (primary N) is 1. The number of benzene rings is 1. The van der Waals surface area contributed by atoms with E-state index in [9.17, 15) is 8.42 Å². The molecule has 1 aliphatic rings. The number of aromatic nitrogens is 4. The van der Waals surface area contributed by atoms with Crippen LogP contribution in [0.1, 0.15) is 25.3 Å². The molecule has 0 saturated carbocycles. The van der Waals surface area contributed by atoms with E-state index >= 15 is 0 Å². The molecule has 1 aliphatic heterocycles. The van der Waals surface area contributed by atoms with E-state index in [1.807, 2.05) is 31.6 Å². The second kappa shape index (κ2) is 9.18. The highest BCUT2D eigenvalue weighted by Gasteiger charge is 2.39. The highest BCUT2D eigenvalue weighted by Crippen LogP contribution is 2.38. The quantitative estimate of drug-likeness (QED) is 0.391. The number of hydrogen-bond acceptors (Lipinski definition) is 8. The Morgan fingerprint density at radius 1 is 1.14 bits per heavy atom. The molecule has 1 aromatic carbocycles. The topological polar surface area (TPSA) is 119 Å². The Bertz CT molecular complexity index is 1530. The molecule has 0 amide bonds. The van der Waals surface area contributed by atoms with Crippen molar-refractivity contribution >= 4 is 37.8 Å². The van der Waals surface area contributed by atoms with Gasteiger partial charge >= 0.3 is 0 Å². The van der Waals surface area contributed by atoms with Crippen LogP contribution in [0, 0.1) is 5.92 Å². The Kier molecular flexibility index (Phi) is 6.17. The molecule has 0 radical (unpaired) electrons. The number of aryl methyl sites for hydroxylation is 1. The zero-order chi connectivity index (χ0) is 25.6. The average molecular weight is 506 g/mol. The number of nitrogens with zero attached hydrogens (tertiary/aromatic N) is 5. The summed E-state index contributed by atoms with van der Waals surface area (Å²) in [6.07, 6.45) is 8.28. The summed E-state index contributed by atoms with van der Waals surface area (Å²) in [4.78, 5) is 11.2. The maximum absolute atomic E-state index is 11.7. The monoisotopic (exact) mass is 505 g/mol. The van der Waals surface area contributed by atoms with Gasteiger partial charge in [-0.2, -0.15) is 5.10 Å². The summed E-state index contributed by atoms with van der Waals surface area (Å²) in [5, 5.41) is 9.75. The third kappa shape index (κ3) is 4.78. The van der Waals surface area contributed by atoms with Gasteiger partial charge in [0.15, 0.2) is 0 Å². The number of nitrogens with one attached hydrogen (secondary N) is 1. The molecule has 0 aliphatic carbocycles. The van der Waals surface area contributed by atoms with Crippen molar-refractivity contribution in [2.24, 2.45) is 18.7 Å². The molecule has 10 heteroatoms. The van der Waals surface area contributed by atoms with Crippen LogP contribution >= 0.6 is 0 Å². The van der Waals surface area contributed by atoms with Crippen molar-refractivity contribution in [3.05, 3.63) is 60.7 Å². The van der Waals surface area contributed by atoms with E-state index in [4.69, 9.17) is 10.7 Å². The molecule has 36 heavy (non-hydrogen) atoms. The Hall–Kier alpha value is -3.50. The number of anilines is 3. The van der Waals surface area contributed by atoms with Gasteiger partial charge in [-0.3, -0.25) is 9.67 Å². The molecule has 3 aromatic heterocycles. The molecule has 2 atom stereocenters. The van der Waals surface area contributed by atoms with Crippen LogP contribution in [0.4, 0.5) is 17.2 Å². The first kappa shape index (κ1) is 24.2. The largest absolute Gasteiger partial charge is 0.355 e. The van der Waals surface area contributed by atoms with Gasteiger partial charge in [-0.05, 0) is 41.1 Å². The zero-order valence-corrected chi connectivity index (χ0v) is 21.7. The summed E-state index contributed by atoms with van der Waals surface area (Å²) in [7, 11) is -1.20. The average Bonchev–Trinajstić information content (AvgIpc) is 3.26. The highest BCUT2D eigenvalue weighted by molar-refractivity contribution is 7.90. The van der Waals surface area contributed by atoms with Gasteiger partial charge in [0, 0.05) is 66.7 Å². The number of hydrogen-bond donors (Lipinski definition) is 2. The van der Waals surface area contributed by atoms with E-state index in [2.05, 4.69) is 52.3 Å². The van der Waals surface area contributed by atoms with Gasteiger partial charge in [-0.1, -0.05) is 19.9 Å². The summed E-state index contributed by atoms with van der Waals surface area (Å²) >= 11 is 0. The van der Waals surface area contributed by atoms with Crippen LogP contribution in [0.3, 0.4) is 0 Å². The molecule has 0 bridgehead atoms. The lowest BCUT2D eigenvalue weighted by Crippen LogP contribution is -2.63. The molecule has 0 unspecified atom stereocenters. The van der Waals surface area contributed by atoms with Crippen LogP contribution in [0.25, 0.3) is 22.0 Å². The molecular formula is C26H31N7O2S. The zero-order valence-electron chi connectivity index (χ0n) is 20.9. The molecule has 5 rings (SSSR count). The van der Waals surface area contributed by atoms with Crippen molar-refractivity contribution in [1.82, 2.24) is 19.7 Å². The number of pyridine rings is 2. The second-order valence-corrected chi connectivity index (χ2v) is 12.1. The lowest BCUT2D eigenvalue weighted by Gasteiger charge is -2.47. The molecule has 4 aromatic rings. The summed E-state index contributed by atoms with van der Waals surface area (Å²) in [5.41, 5.74) is 11.3. The molecule has 3 N–H and O–H groups in total. The first-order valence-corrected chi connectivity index (χ1v) is 14.0. The van der Waals surface area contributed by atoms with E-state index < -0.39 is 9.84 Å². The molecule has 188 valence electrons. The van der Waals surface area contributed by atoms with Crippen LogP contribution < -0.4 is 16.0 Å². The number of fused-ring (bicyclic) bond motifs is 1. The predicted molar refractivity (Wildman–Crippen MR) is 144 cm³/mol. The van der Waals surface area contributed by atoms with Crippen molar-refractivity contribution < 1.29 is 8.42 Å². The Labute approximate surface area is 211 Å². The maximum atomic E-state index is 11.7.